The van der Waals surface area contributed by atoms with E-state index in [1.807, 2.05) is 51.1 Å². The van der Waals surface area contributed by atoms with Crippen molar-refractivity contribution >= 4 is 44.4 Å². The number of nitrogens with one attached hydrogen (secondary N) is 1. The number of anilines is 1. The Balaban J connectivity index is 1.71. The molecule has 0 atom stereocenters. The van der Waals surface area contributed by atoms with Crippen LogP contribution in [-0.4, -0.2) is 35.9 Å². The van der Waals surface area contributed by atoms with Crippen LogP contribution in [0, 0.1) is 18.3 Å². The highest BCUT2D eigenvalue weighted by Gasteiger charge is 2.16. The van der Waals surface area contributed by atoms with E-state index in [-0.39, 0.29) is 5.57 Å². The number of hydrogen-bond donors (Lipinski definition) is 1. The molecule has 1 N–H and O–H groups in total. The average molecular weight is 557 g/mol. The molecule has 0 bridgehead atoms. The lowest BCUT2D eigenvalue weighted by atomic mass is 10.1. The lowest BCUT2D eigenvalue weighted by Crippen LogP contribution is -2.13. The lowest BCUT2D eigenvalue weighted by Gasteiger charge is -2.15. The van der Waals surface area contributed by atoms with E-state index in [0.29, 0.717) is 46.5 Å². The van der Waals surface area contributed by atoms with Crippen LogP contribution in [0.1, 0.15) is 30.0 Å². The number of rotatable bonds is 11. The Morgan fingerprint density at radius 3 is 2.54 bits per heavy atom. The van der Waals surface area contributed by atoms with Crippen molar-refractivity contribution in [2.45, 2.75) is 27.2 Å². The minimum Gasteiger partial charge on any atom is -0.490 e. The first-order valence-electron chi connectivity index (χ1n) is 11.0. The monoisotopic (exact) mass is 556 g/mol. The number of aryl methyl sites for hydroxylation is 2. The number of halogens is 1. The van der Waals surface area contributed by atoms with Crippen LogP contribution in [0.15, 0.2) is 46.4 Å². The molecular formula is C25H25BrN4O4S. The van der Waals surface area contributed by atoms with Gasteiger partial charge < -0.3 is 14.2 Å². The zero-order chi connectivity index (χ0) is 25.2. The van der Waals surface area contributed by atoms with Gasteiger partial charge in [-0.1, -0.05) is 36.0 Å². The highest BCUT2D eigenvalue weighted by molar-refractivity contribution is 9.10. The van der Waals surface area contributed by atoms with Crippen molar-refractivity contribution in [1.82, 2.24) is 10.2 Å². The first kappa shape index (κ1) is 26.2. The molecule has 10 heteroatoms. The molecule has 1 heterocycles. The van der Waals surface area contributed by atoms with Crippen molar-refractivity contribution in [3.63, 3.8) is 0 Å². The van der Waals surface area contributed by atoms with Gasteiger partial charge in [-0.25, -0.2) is 0 Å². The summed E-state index contributed by atoms with van der Waals surface area (Å²) in [6.07, 6.45) is 2.20. The molecule has 0 spiro atoms. The van der Waals surface area contributed by atoms with Gasteiger partial charge in [0, 0.05) is 0 Å². The third kappa shape index (κ3) is 7.53. The summed E-state index contributed by atoms with van der Waals surface area (Å²) in [5.41, 5.74) is 1.69. The Hall–Kier alpha value is -3.42. The number of amides is 1. The van der Waals surface area contributed by atoms with E-state index in [1.54, 1.807) is 12.1 Å². The van der Waals surface area contributed by atoms with Crippen molar-refractivity contribution in [3.05, 3.63) is 62.6 Å². The molecule has 182 valence electrons. The summed E-state index contributed by atoms with van der Waals surface area (Å²) in [6.45, 7) is 6.90. The van der Waals surface area contributed by atoms with Gasteiger partial charge >= 0.3 is 0 Å². The summed E-state index contributed by atoms with van der Waals surface area (Å²) in [7, 11) is 0. The van der Waals surface area contributed by atoms with Gasteiger partial charge in [-0.15, -0.1) is 10.2 Å². The molecular weight excluding hydrogens is 532 g/mol. The van der Waals surface area contributed by atoms with Gasteiger partial charge in [-0.3, -0.25) is 10.1 Å². The molecule has 1 aromatic heterocycles. The zero-order valence-corrected chi connectivity index (χ0v) is 22.0. The molecule has 1 amide bonds. The van der Waals surface area contributed by atoms with E-state index < -0.39 is 5.91 Å². The molecule has 8 nitrogen and oxygen atoms in total. The normalized spacial score (nSPS) is 11.0. The van der Waals surface area contributed by atoms with E-state index in [2.05, 4.69) is 31.4 Å². The Kier molecular flexibility index (Phi) is 9.64. The standard InChI is InChI=1S/C25H25BrN4O4S/c1-4-22-29-30-25(35-22)28-24(31)18(15-27)12-17-13-20(26)23(21(14-17)32-5-2)34-11-10-33-19-8-6-16(3)7-9-19/h6-9,12-14H,4-5,10-11H2,1-3H3,(H,28,30,31). The van der Waals surface area contributed by atoms with E-state index in [1.165, 1.54) is 17.4 Å². The summed E-state index contributed by atoms with van der Waals surface area (Å²) in [4.78, 5) is 12.6. The van der Waals surface area contributed by atoms with Crippen LogP contribution in [0.3, 0.4) is 0 Å². The predicted molar refractivity (Wildman–Crippen MR) is 139 cm³/mol. The van der Waals surface area contributed by atoms with E-state index in [0.717, 1.165) is 22.7 Å². The lowest BCUT2D eigenvalue weighted by molar-refractivity contribution is -0.112. The number of hydrogen-bond acceptors (Lipinski definition) is 8. The summed E-state index contributed by atoms with van der Waals surface area (Å²) in [5, 5.41) is 21.2. The van der Waals surface area contributed by atoms with Crippen LogP contribution in [0.2, 0.25) is 0 Å². The third-order valence-electron chi connectivity index (χ3n) is 4.62. The predicted octanol–water partition coefficient (Wildman–Crippen LogP) is 5.57. The van der Waals surface area contributed by atoms with Gasteiger partial charge in [0.25, 0.3) is 5.91 Å². The second kappa shape index (κ2) is 12.9. The molecule has 0 saturated carbocycles. The first-order valence-corrected chi connectivity index (χ1v) is 12.6. The number of ether oxygens (including phenoxy) is 3. The summed E-state index contributed by atoms with van der Waals surface area (Å²) >= 11 is 4.78. The fourth-order valence-corrected chi connectivity index (χ4v) is 4.19. The van der Waals surface area contributed by atoms with Crippen LogP contribution < -0.4 is 19.5 Å². The van der Waals surface area contributed by atoms with Crippen LogP contribution in [-0.2, 0) is 11.2 Å². The van der Waals surface area contributed by atoms with Gasteiger partial charge in [-0.2, -0.15) is 5.26 Å². The molecule has 3 aromatic rings. The molecule has 0 aliphatic carbocycles. The average Bonchev–Trinajstić information content (AvgIpc) is 3.30. The summed E-state index contributed by atoms with van der Waals surface area (Å²) in [6, 6.07) is 13.2. The number of carbonyl (C=O) groups is 1. The fraction of sp³-hybridized carbons (Fsp3) is 0.280. The van der Waals surface area contributed by atoms with Crippen molar-refractivity contribution in [2.24, 2.45) is 0 Å². The highest BCUT2D eigenvalue weighted by atomic mass is 79.9. The first-order chi connectivity index (χ1) is 16.9. The van der Waals surface area contributed by atoms with Crippen molar-refractivity contribution < 1.29 is 19.0 Å². The number of nitrogens with zero attached hydrogens (tertiary/aromatic N) is 3. The number of nitriles is 1. The van der Waals surface area contributed by atoms with Crippen LogP contribution in [0.4, 0.5) is 5.13 Å². The molecule has 3 rings (SSSR count). The van der Waals surface area contributed by atoms with Crippen molar-refractivity contribution in [1.29, 1.82) is 5.26 Å². The van der Waals surface area contributed by atoms with Gasteiger partial charge in [0.1, 0.15) is 35.6 Å². The minimum absolute atomic E-state index is 0.0761. The SMILES string of the molecule is CCOc1cc(C=C(C#N)C(=O)Nc2nnc(CC)s2)cc(Br)c1OCCOc1ccc(C)cc1. The summed E-state index contributed by atoms with van der Waals surface area (Å²) in [5.74, 6) is 1.21. The second-order valence-corrected chi connectivity index (χ2v) is 9.17. The zero-order valence-electron chi connectivity index (χ0n) is 19.6. The van der Waals surface area contributed by atoms with Crippen molar-refractivity contribution in [3.8, 4) is 23.3 Å². The molecule has 35 heavy (non-hydrogen) atoms. The maximum atomic E-state index is 12.6. The number of benzene rings is 2. The molecule has 0 radical (unpaired) electrons. The Morgan fingerprint density at radius 2 is 1.89 bits per heavy atom. The minimum atomic E-state index is -0.561. The third-order valence-corrected chi connectivity index (χ3v) is 6.19. The smallest absolute Gasteiger partial charge is 0.268 e. The number of carbonyl (C=O) groups excluding carboxylic acids is 1. The maximum Gasteiger partial charge on any atom is 0.268 e. The van der Waals surface area contributed by atoms with Gasteiger partial charge in [0.2, 0.25) is 5.13 Å². The highest BCUT2D eigenvalue weighted by Crippen LogP contribution is 2.37. The van der Waals surface area contributed by atoms with Crippen LogP contribution in [0.25, 0.3) is 6.08 Å². The number of aromatic nitrogens is 2. The summed E-state index contributed by atoms with van der Waals surface area (Å²) < 4.78 is 18.0. The Bertz CT molecular complexity index is 1240. The topological polar surface area (TPSA) is 106 Å². The molecule has 0 unspecified atom stereocenters. The Labute approximate surface area is 216 Å². The molecule has 0 aliphatic heterocycles. The Morgan fingerprint density at radius 1 is 1.14 bits per heavy atom. The van der Waals surface area contributed by atoms with E-state index >= 15 is 0 Å². The van der Waals surface area contributed by atoms with E-state index in [9.17, 15) is 10.1 Å². The quantitative estimate of drug-likeness (QED) is 0.187. The molecule has 2 aromatic carbocycles. The maximum absolute atomic E-state index is 12.6. The largest absolute Gasteiger partial charge is 0.490 e. The molecule has 0 saturated heterocycles. The van der Waals surface area contributed by atoms with Crippen LogP contribution >= 0.6 is 27.3 Å². The second-order valence-electron chi connectivity index (χ2n) is 7.25. The fourth-order valence-electron chi connectivity index (χ4n) is 2.94. The molecule has 0 fully saturated rings. The van der Waals surface area contributed by atoms with E-state index in [4.69, 9.17) is 14.2 Å². The van der Waals surface area contributed by atoms with Crippen LogP contribution in [0.5, 0.6) is 17.2 Å². The molecule has 0 aliphatic rings. The van der Waals surface area contributed by atoms with Gasteiger partial charge in [0.15, 0.2) is 11.5 Å². The van der Waals surface area contributed by atoms with Gasteiger partial charge in [-0.05, 0) is 72.1 Å². The van der Waals surface area contributed by atoms with Gasteiger partial charge in [0.05, 0.1) is 11.1 Å². The van der Waals surface area contributed by atoms with Crippen molar-refractivity contribution in [2.75, 3.05) is 25.1 Å².